The van der Waals surface area contributed by atoms with Crippen molar-refractivity contribution in [3.63, 3.8) is 0 Å². The van der Waals surface area contributed by atoms with Crippen LogP contribution in [0, 0.1) is 5.92 Å². The maximum atomic E-state index is 5.90. The van der Waals surface area contributed by atoms with Gasteiger partial charge in [0.2, 0.25) is 0 Å². The molecular weight excluding hydrogens is 290 g/mol. The van der Waals surface area contributed by atoms with Crippen LogP contribution in [0.1, 0.15) is 25.5 Å². The second-order valence-electron chi connectivity index (χ2n) is 4.73. The minimum atomic E-state index is 0.319. The number of halogens is 1. The Morgan fingerprint density at radius 1 is 1.33 bits per heavy atom. The molecule has 0 aliphatic carbocycles. The molecule has 4 heteroatoms. The second kappa shape index (κ2) is 5.67. The number of para-hydroxylation sites is 1. The highest BCUT2D eigenvalue weighted by Crippen LogP contribution is 2.28. The van der Waals surface area contributed by atoms with E-state index in [9.17, 15) is 0 Å². The molecule has 0 amide bonds. The molecule has 3 nitrogen and oxygen atoms in total. The van der Waals surface area contributed by atoms with E-state index in [1.807, 2.05) is 30.7 Å². The molecule has 1 aromatic heterocycles. The SMILES string of the molecule is CC(C)C(CN)c1cncn1-c1ccccc1Br. The predicted octanol–water partition coefficient (Wildman–Crippen LogP) is 3.33. The number of benzene rings is 1. The van der Waals surface area contributed by atoms with Gasteiger partial charge in [-0.05, 0) is 34.0 Å². The van der Waals surface area contributed by atoms with Crippen molar-refractivity contribution in [2.24, 2.45) is 11.7 Å². The van der Waals surface area contributed by atoms with E-state index in [-0.39, 0.29) is 0 Å². The van der Waals surface area contributed by atoms with Crippen LogP contribution < -0.4 is 5.73 Å². The van der Waals surface area contributed by atoms with Crippen LogP contribution in [-0.4, -0.2) is 16.1 Å². The van der Waals surface area contributed by atoms with Crippen LogP contribution in [0.4, 0.5) is 0 Å². The van der Waals surface area contributed by atoms with E-state index in [4.69, 9.17) is 5.73 Å². The van der Waals surface area contributed by atoms with Crippen molar-refractivity contribution in [2.45, 2.75) is 19.8 Å². The highest BCUT2D eigenvalue weighted by molar-refractivity contribution is 9.10. The molecule has 96 valence electrons. The van der Waals surface area contributed by atoms with Gasteiger partial charge < -0.3 is 10.3 Å². The maximum Gasteiger partial charge on any atom is 0.0994 e. The summed E-state index contributed by atoms with van der Waals surface area (Å²) in [5.74, 6) is 0.813. The summed E-state index contributed by atoms with van der Waals surface area (Å²) < 4.78 is 3.17. The van der Waals surface area contributed by atoms with Gasteiger partial charge in [0, 0.05) is 28.8 Å². The smallest absolute Gasteiger partial charge is 0.0994 e. The number of imidazole rings is 1. The lowest BCUT2D eigenvalue weighted by Crippen LogP contribution is -2.20. The van der Waals surface area contributed by atoms with Crippen molar-refractivity contribution in [3.05, 3.63) is 47.0 Å². The van der Waals surface area contributed by atoms with Crippen molar-refractivity contribution in [1.29, 1.82) is 0 Å². The quantitative estimate of drug-likeness (QED) is 0.941. The van der Waals surface area contributed by atoms with Crippen LogP contribution in [0.3, 0.4) is 0 Å². The number of nitrogens with zero attached hydrogens (tertiary/aromatic N) is 2. The van der Waals surface area contributed by atoms with E-state index in [0.29, 0.717) is 18.4 Å². The Morgan fingerprint density at radius 2 is 2.06 bits per heavy atom. The molecule has 0 aliphatic rings. The van der Waals surface area contributed by atoms with E-state index in [1.54, 1.807) is 0 Å². The lowest BCUT2D eigenvalue weighted by molar-refractivity contribution is 0.489. The first-order valence-electron chi connectivity index (χ1n) is 6.12. The Kier molecular flexibility index (Phi) is 4.19. The highest BCUT2D eigenvalue weighted by Gasteiger charge is 2.19. The molecule has 0 saturated carbocycles. The summed E-state index contributed by atoms with van der Waals surface area (Å²) in [7, 11) is 0. The number of rotatable bonds is 4. The summed E-state index contributed by atoms with van der Waals surface area (Å²) in [4.78, 5) is 4.28. The van der Waals surface area contributed by atoms with E-state index in [0.717, 1.165) is 10.2 Å². The zero-order chi connectivity index (χ0) is 13.1. The normalized spacial score (nSPS) is 12.9. The highest BCUT2D eigenvalue weighted by atomic mass is 79.9. The molecule has 0 saturated heterocycles. The fourth-order valence-electron chi connectivity index (χ4n) is 2.16. The zero-order valence-corrected chi connectivity index (χ0v) is 12.3. The Bertz CT molecular complexity index is 519. The van der Waals surface area contributed by atoms with Crippen LogP contribution in [0.15, 0.2) is 41.3 Å². The third kappa shape index (κ3) is 2.49. The number of hydrogen-bond acceptors (Lipinski definition) is 2. The molecule has 1 atom stereocenters. The Hall–Kier alpha value is -1.13. The molecule has 0 fully saturated rings. The van der Waals surface area contributed by atoms with Gasteiger partial charge in [0.1, 0.15) is 0 Å². The van der Waals surface area contributed by atoms with Gasteiger partial charge in [-0.3, -0.25) is 0 Å². The maximum absolute atomic E-state index is 5.90. The Morgan fingerprint density at radius 3 is 2.67 bits per heavy atom. The van der Waals surface area contributed by atoms with Gasteiger partial charge in [-0.1, -0.05) is 26.0 Å². The molecule has 2 rings (SSSR count). The molecular formula is C14H18BrN3. The second-order valence-corrected chi connectivity index (χ2v) is 5.58. The van der Waals surface area contributed by atoms with Gasteiger partial charge in [0.15, 0.2) is 0 Å². The van der Waals surface area contributed by atoms with Gasteiger partial charge in [-0.15, -0.1) is 0 Å². The van der Waals surface area contributed by atoms with Crippen molar-refractivity contribution in [2.75, 3.05) is 6.54 Å². The third-order valence-electron chi connectivity index (χ3n) is 3.22. The number of hydrogen-bond donors (Lipinski definition) is 1. The van der Waals surface area contributed by atoms with Crippen LogP contribution in [0.5, 0.6) is 0 Å². The molecule has 1 aromatic carbocycles. The first-order valence-corrected chi connectivity index (χ1v) is 6.91. The summed E-state index contributed by atoms with van der Waals surface area (Å²) in [6, 6.07) is 8.14. The molecule has 2 aromatic rings. The van der Waals surface area contributed by atoms with E-state index < -0.39 is 0 Å². The van der Waals surface area contributed by atoms with Crippen molar-refractivity contribution < 1.29 is 0 Å². The summed E-state index contributed by atoms with van der Waals surface area (Å²) in [5, 5.41) is 0. The standard InChI is InChI=1S/C14H18BrN3/c1-10(2)11(7-16)14-8-17-9-18(14)13-6-4-3-5-12(13)15/h3-6,8-11H,7,16H2,1-2H3. The lowest BCUT2D eigenvalue weighted by Gasteiger charge is -2.21. The molecule has 1 unspecified atom stereocenters. The summed E-state index contributed by atoms with van der Waals surface area (Å²) in [6.07, 6.45) is 3.76. The molecule has 2 N–H and O–H groups in total. The molecule has 0 radical (unpaired) electrons. The van der Waals surface area contributed by atoms with Gasteiger partial charge in [-0.2, -0.15) is 0 Å². The first kappa shape index (κ1) is 13.3. The molecule has 0 spiro atoms. The molecule has 1 heterocycles. The van der Waals surface area contributed by atoms with Crippen molar-refractivity contribution in [3.8, 4) is 5.69 Å². The lowest BCUT2D eigenvalue weighted by atomic mass is 9.93. The molecule has 18 heavy (non-hydrogen) atoms. The van der Waals surface area contributed by atoms with E-state index >= 15 is 0 Å². The average Bonchev–Trinajstić information content (AvgIpc) is 2.79. The van der Waals surface area contributed by atoms with E-state index in [1.165, 1.54) is 5.69 Å². The van der Waals surface area contributed by atoms with Crippen molar-refractivity contribution >= 4 is 15.9 Å². The Balaban J connectivity index is 2.48. The van der Waals surface area contributed by atoms with Gasteiger partial charge in [-0.25, -0.2) is 4.98 Å². The largest absolute Gasteiger partial charge is 0.330 e. The van der Waals surface area contributed by atoms with Gasteiger partial charge in [0.05, 0.1) is 12.0 Å². The minimum Gasteiger partial charge on any atom is -0.330 e. The fourth-order valence-corrected chi connectivity index (χ4v) is 2.64. The number of nitrogens with two attached hydrogens (primary N) is 1. The van der Waals surface area contributed by atoms with Gasteiger partial charge in [0.25, 0.3) is 0 Å². The Labute approximate surface area is 116 Å². The molecule has 0 bridgehead atoms. The molecule has 0 aliphatic heterocycles. The average molecular weight is 308 g/mol. The van der Waals surface area contributed by atoms with Crippen molar-refractivity contribution in [1.82, 2.24) is 9.55 Å². The van der Waals surface area contributed by atoms with Crippen LogP contribution in [-0.2, 0) is 0 Å². The van der Waals surface area contributed by atoms with Crippen LogP contribution in [0.2, 0.25) is 0 Å². The van der Waals surface area contributed by atoms with E-state index in [2.05, 4.69) is 45.4 Å². The fraction of sp³-hybridized carbons (Fsp3) is 0.357. The zero-order valence-electron chi connectivity index (χ0n) is 10.7. The summed E-state index contributed by atoms with van der Waals surface area (Å²) in [6.45, 7) is 5.01. The third-order valence-corrected chi connectivity index (χ3v) is 3.89. The first-order chi connectivity index (χ1) is 8.65. The van der Waals surface area contributed by atoms with Gasteiger partial charge >= 0.3 is 0 Å². The summed E-state index contributed by atoms with van der Waals surface area (Å²) >= 11 is 3.58. The van der Waals surface area contributed by atoms with Crippen LogP contribution in [0.25, 0.3) is 5.69 Å². The minimum absolute atomic E-state index is 0.319. The van der Waals surface area contributed by atoms with Crippen LogP contribution >= 0.6 is 15.9 Å². The number of aromatic nitrogens is 2. The monoisotopic (exact) mass is 307 g/mol. The topological polar surface area (TPSA) is 43.8 Å². The summed E-state index contributed by atoms with van der Waals surface area (Å²) in [5.41, 5.74) is 8.16. The predicted molar refractivity (Wildman–Crippen MR) is 77.9 cm³/mol.